The lowest BCUT2D eigenvalue weighted by Gasteiger charge is -2.35. The van der Waals surface area contributed by atoms with Crippen LogP contribution in [0.4, 0.5) is 4.39 Å². The second-order valence-electron chi connectivity index (χ2n) is 7.65. The first-order valence-corrected chi connectivity index (χ1v) is 11.4. The van der Waals surface area contributed by atoms with Crippen molar-refractivity contribution in [3.05, 3.63) is 48.0 Å². The Labute approximate surface area is 164 Å². The Kier molecular flexibility index (Phi) is 5.25. The third kappa shape index (κ3) is 4.28. The van der Waals surface area contributed by atoms with Crippen LogP contribution >= 0.6 is 0 Å². The molecule has 2 aromatic rings. The van der Waals surface area contributed by atoms with Crippen LogP contribution < -0.4 is 5.32 Å². The van der Waals surface area contributed by atoms with Crippen molar-refractivity contribution in [1.82, 2.24) is 15.2 Å². The topological polar surface area (TPSA) is 82.3 Å². The number of likely N-dealkylation sites (tertiary alicyclic amines) is 1. The number of H-pyrrole nitrogens is 1. The number of carbonyl (C=O) groups is 1. The third-order valence-electron chi connectivity index (χ3n) is 5.69. The molecule has 3 heterocycles. The van der Waals surface area contributed by atoms with Crippen molar-refractivity contribution in [2.24, 2.45) is 0 Å². The summed E-state index contributed by atoms with van der Waals surface area (Å²) in [6.07, 6.45) is 4.08. The van der Waals surface area contributed by atoms with E-state index in [1.807, 2.05) is 0 Å². The molecule has 0 spiro atoms. The van der Waals surface area contributed by atoms with E-state index in [9.17, 15) is 17.6 Å². The number of aromatic nitrogens is 1. The molecular formula is C20H24FN3O3S. The number of nitrogens with zero attached hydrogens (tertiary/aromatic N) is 1. The van der Waals surface area contributed by atoms with Gasteiger partial charge in [-0.15, -0.1) is 0 Å². The number of hydrogen-bond acceptors (Lipinski definition) is 4. The number of halogens is 1. The first-order chi connectivity index (χ1) is 13.4. The van der Waals surface area contributed by atoms with Crippen LogP contribution in [-0.4, -0.2) is 60.9 Å². The maximum Gasteiger partial charge on any atom is 0.267 e. The fourth-order valence-electron chi connectivity index (χ4n) is 4.07. The van der Waals surface area contributed by atoms with Gasteiger partial charge in [-0.25, -0.2) is 12.8 Å². The highest BCUT2D eigenvalue weighted by Crippen LogP contribution is 2.23. The predicted molar refractivity (Wildman–Crippen MR) is 105 cm³/mol. The quantitative estimate of drug-likeness (QED) is 0.817. The molecule has 2 N–H and O–H groups in total. The maximum absolute atomic E-state index is 13.1. The highest BCUT2D eigenvalue weighted by Gasteiger charge is 2.34. The molecule has 2 aliphatic rings. The van der Waals surface area contributed by atoms with Gasteiger partial charge in [0.25, 0.3) is 5.91 Å². The number of sulfone groups is 1. The SMILES string of the molecule is O=C(NC1CCN([C@H]2CCS(=O)(=O)C2)CC1)c1cc(-c2ccc(F)cc2)c[nH]1. The van der Waals surface area contributed by atoms with Gasteiger partial charge in [-0.05, 0) is 48.6 Å². The zero-order valence-electron chi connectivity index (χ0n) is 15.5. The number of piperidine rings is 1. The molecule has 28 heavy (non-hydrogen) atoms. The number of rotatable bonds is 4. The van der Waals surface area contributed by atoms with Crippen LogP contribution in [0.3, 0.4) is 0 Å². The fourth-order valence-corrected chi connectivity index (χ4v) is 5.83. The van der Waals surface area contributed by atoms with E-state index in [1.54, 1.807) is 24.4 Å². The molecule has 1 aromatic carbocycles. The van der Waals surface area contributed by atoms with Crippen LogP contribution in [0.25, 0.3) is 11.1 Å². The van der Waals surface area contributed by atoms with E-state index in [1.165, 1.54) is 12.1 Å². The van der Waals surface area contributed by atoms with Gasteiger partial charge >= 0.3 is 0 Å². The first-order valence-electron chi connectivity index (χ1n) is 9.59. The number of hydrogen-bond donors (Lipinski definition) is 2. The molecule has 8 heteroatoms. The molecule has 2 aliphatic heterocycles. The summed E-state index contributed by atoms with van der Waals surface area (Å²) in [7, 11) is -2.87. The number of carbonyl (C=O) groups excluding carboxylic acids is 1. The molecule has 1 aromatic heterocycles. The van der Waals surface area contributed by atoms with Gasteiger partial charge in [0.2, 0.25) is 0 Å². The average molecular weight is 405 g/mol. The normalized spacial score (nSPS) is 23.0. The van der Waals surface area contributed by atoms with Gasteiger partial charge in [-0.1, -0.05) is 12.1 Å². The van der Waals surface area contributed by atoms with Crippen LogP contribution in [0.5, 0.6) is 0 Å². The Hall–Kier alpha value is -2.19. The van der Waals surface area contributed by atoms with Gasteiger partial charge in [0.15, 0.2) is 9.84 Å². The van der Waals surface area contributed by atoms with Crippen LogP contribution in [0.1, 0.15) is 29.8 Å². The summed E-state index contributed by atoms with van der Waals surface area (Å²) in [4.78, 5) is 17.8. The molecule has 0 radical (unpaired) electrons. The van der Waals surface area contributed by atoms with E-state index in [-0.39, 0.29) is 35.3 Å². The van der Waals surface area contributed by atoms with Gasteiger partial charge in [0.1, 0.15) is 11.5 Å². The van der Waals surface area contributed by atoms with Crippen molar-refractivity contribution in [3.63, 3.8) is 0 Å². The van der Waals surface area contributed by atoms with Crippen molar-refractivity contribution in [1.29, 1.82) is 0 Å². The minimum Gasteiger partial charge on any atom is -0.357 e. The monoisotopic (exact) mass is 405 g/mol. The molecule has 6 nitrogen and oxygen atoms in total. The Bertz CT molecular complexity index is 947. The smallest absolute Gasteiger partial charge is 0.267 e. The highest BCUT2D eigenvalue weighted by atomic mass is 32.2. The summed E-state index contributed by atoms with van der Waals surface area (Å²) in [5.74, 6) is 0.102. The Morgan fingerprint density at radius 3 is 2.46 bits per heavy atom. The first kappa shape index (κ1) is 19.1. The van der Waals surface area contributed by atoms with Crippen LogP contribution in [0, 0.1) is 5.82 Å². The van der Waals surface area contributed by atoms with E-state index < -0.39 is 9.84 Å². The summed E-state index contributed by atoms with van der Waals surface area (Å²) in [6.45, 7) is 1.60. The van der Waals surface area contributed by atoms with Crippen molar-refractivity contribution < 1.29 is 17.6 Å². The van der Waals surface area contributed by atoms with E-state index in [0.717, 1.165) is 37.1 Å². The van der Waals surface area contributed by atoms with Gasteiger partial charge in [-0.2, -0.15) is 0 Å². The van der Waals surface area contributed by atoms with Crippen LogP contribution in [0.2, 0.25) is 0 Å². The zero-order valence-corrected chi connectivity index (χ0v) is 16.3. The predicted octanol–water partition coefficient (Wildman–Crippen LogP) is 2.20. The van der Waals surface area contributed by atoms with Gasteiger partial charge in [-0.3, -0.25) is 9.69 Å². The molecule has 0 saturated carbocycles. The second-order valence-corrected chi connectivity index (χ2v) is 9.88. The Morgan fingerprint density at radius 1 is 1.11 bits per heavy atom. The summed E-state index contributed by atoms with van der Waals surface area (Å²) >= 11 is 0. The van der Waals surface area contributed by atoms with Gasteiger partial charge < -0.3 is 10.3 Å². The molecule has 150 valence electrons. The van der Waals surface area contributed by atoms with Crippen LogP contribution in [-0.2, 0) is 9.84 Å². The molecular weight excluding hydrogens is 381 g/mol. The average Bonchev–Trinajstić information content (AvgIpc) is 3.30. The second kappa shape index (κ2) is 7.67. The number of amides is 1. The number of aromatic amines is 1. The third-order valence-corrected chi connectivity index (χ3v) is 7.45. The van der Waals surface area contributed by atoms with Crippen molar-refractivity contribution >= 4 is 15.7 Å². The molecule has 2 fully saturated rings. The largest absolute Gasteiger partial charge is 0.357 e. The summed E-state index contributed by atoms with van der Waals surface area (Å²) in [6, 6.07) is 8.12. The number of benzene rings is 1. The van der Waals surface area contributed by atoms with Crippen molar-refractivity contribution in [2.45, 2.75) is 31.3 Å². The van der Waals surface area contributed by atoms with E-state index in [4.69, 9.17) is 0 Å². The molecule has 2 saturated heterocycles. The maximum atomic E-state index is 13.1. The standard InChI is InChI=1S/C20H24FN3O3S/c21-16-3-1-14(2-4-16)15-11-19(22-12-15)20(25)23-17-5-8-24(9-6-17)18-7-10-28(26,27)13-18/h1-4,11-12,17-18,22H,5-10,13H2,(H,23,25)/t18-/m0/s1. The Balaban J connectivity index is 1.31. The molecule has 1 atom stereocenters. The minimum absolute atomic E-state index is 0.0827. The minimum atomic E-state index is -2.87. The molecule has 0 bridgehead atoms. The van der Waals surface area contributed by atoms with Gasteiger partial charge in [0, 0.05) is 31.4 Å². The van der Waals surface area contributed by atoms with E-state index in [2.05, 4.69) is 15.2 Å². The highest BCUT2D eigenvalue weighted by molar-refractivity contribution is 7.91. The van der Waals surface area contributed by atoms with Gasteiger partial charge in [0.05, 0.1) is 11.5 Å². The van der Waals surface area contributed by atoms with E-state index >= 15 is 0 Å². The molecule has 0 aliphatic carbocycles. The van der Waals surface area contributed by atoms with Crippen LogP contribution in [0.15, 0.2) is 36.5 Å². The lowest BCUT2D eigenvalue weighted by atomic mass is 10.0. The summed E-state index contributed by atoms with van der Waals surface area (Å²) < 4.78 is 36.4. The lowest BCUT2D eigenvalue weighted by Crippen LogP contribution is -2.48. The number of nitrogens with one attached hydrogen (secondary N) is 2. The lowest BCUT2D eigenvalue weighted by molar-refractivity contribution is 0.0893. The summed E-state index contributed by atoms with van der Waals surface area (Å²) in [5, 5.41) is 3.06. The van der Waals surface area contributed by atoms with E-state index in [0.29, 0.717) is 12.1 Å². The fraction of sp³-hybridized carbons (Fsp3) is 0.450. The molecule has 4 rings (SSSR count). The summed E-state index contributed by atoms with van der Waals surface area (Å²) in [5.41, 5.74) is 2.16. The van der Waals surface area contributed by atoms with Crippen molar-refractivity contribution in [2.75, 3.05) is 24.6 Å². The molecule has 0 unspecified atom stereocenters. The Morgan fingerprint density at radius 2 is 1.82 bits per heavy atom. The van der Waals surface area contributed by atoms with Crippen molar-refractivity contribution in [3.8, 4) is 11.1 Å². The zero-order chi connectivity index (χ0) is 19.7. The molecule has 1 amide bonds.